The van der Waals surface area contributed by atoms with Crippen LogP contribution in [0.1, 0.15) is 19.4 Å². The SMILES string of the molecule is COC(=O)[C@H](CO)NC(=O)[C@@H](C(C)C)N(C)c1cccc2c1ccn2S(=O)(=O)c1ccc(C)cc1. The summed E-state index contributed by atoms with van der Waals surface area (Å²) in [4.78, 5) is 26.9. The molecule has 0 unspecified atom stereocenters. The molecule has 0 aliphatic carbocycles. The van der Waals surface area contributed by atoms with Gasteiger partial charge in [-0.2, -0.15) is 0 Å². The van der Waals surface area contributed by atoms with Crippen LogP contribution in [0.3, 0.4) is 0 Å². The molecule has 0 saturated heterocycles. The minimum absolute atomic E-state index is 0.175. The van der Waals surface area contributed by atoms with Crippen LogP contribution < -0.4 is 10.2 Å². The van der Waals surface area contributed by atoms with E-state index in [1.807, 2.05) is 20.8 Å². The van der Waals surface area contributed by atoms with Crippen LogP contribution in [0.5, 0.6) is 0 Å². The molecular weight excluding hydrogens is 470 g/mol. The number of carbonyl (C=O) groups excluding carboxylic acids is 2. The molecule has 0 fully saturated rings. The van der Waals surface area contributed by atoms with Crippen LogP contribution in [-0.2, 0) is 24.3 Å². The summed E-state index contributed by atoms with van der Waals surface area (Å²) in [7, 11) is -0.914. The number of aromatic nitrogens is 1. The molecule has 2 aromatic carbocycles. The number of amides is 1. The highest BCUT2D eigenvalue weighted by atomic mass is 32.2. The third-order valence-electron chi connectivity index (χ3n) is 5.93. The molecule has 2 atom stereocenters. The van der Waals surface area contributed by atoms with Crippen molar-refractivity contribution in [2.24, 2.45) is 5.92 Å². The van der Waals surface area contributed by atoms with E-state index in [2.05, 4.69) is 10.1 Å². The fourth-order valence-electron chi connectivity index (χ4n) is 4.12. The summed E-state index contributed by atoms with van der Waals surface area (Å²) in [6.45, 7) is 5.01. The molecule has 0 aliphatic rings. The summed E-state index contributed by atoms with van der Waals surface area (Å²) in [6, 6.07) is 11.7. The highest BCUT2D eigenvalue weighted by Gasteiger charge is 2.32. The molecule has 0 aliphatic heterocycles. The fourth-order valence-corrected chi connectivity index (χ4v) is 5.47. The maximum atomic E-state index is 13.3. The van der Waals surface area contributed by atoms with Crippen LogP contribution in [0, 0.1) is 12.8 Å². The second-order valence-corrected chi connectivity index (χ2v) is 10.5. The molecule has 3 aromatic rings. The number of nitrogens with one attached hydrogen (secondary N) is 1. The van der Waals surface area contributed by atoms with Gasteiger partial charge in [0.1, 0.15) is 6.04 Å². The predicted octanol–water partition coefficient (Wildman–Crippen LogP) is 2.30. The van der Waals surface area contributed by atoms with Gasteiger partial charge in [-0.3, -0.25) is 4.79 Å². The van der Waals surface area contributed by atoms with Crippen molar-refractivity contribution in [3.8, 4) is 0 Å². The van der Waals surface area contributed by atoms with Gasteiger partial charge in [-0.25, -0.2) is 17.2 Å². The van der Waals surface area contributed by atoms with E-state index in [4.69, 9.17) is 0 Å². The fraction of sp³-hybridized carbons (Fsp3) is 0.360. The van der Waals surface area contributed by atoms with E-state index in [0.717, 1.165) is 5.56 Å². The van der Waals surface area contributed by atoms with Gasteiger partial charge in [-0.05, 0) is 43.2 Å². The van der Waals surface area contributed by atoms with Crippen molar-refractivity contribution in [2.45, 2.75) is 37.8 Å². The van der Waals surface area contributed by atoms with Gasteiger partial charge in [0.2, 0.25) is 5.91 Å². The Kier molecular flexibility index (Phi) is 7.86. The first-order chi connectivity index (χ1) is 16.5. The highest BCUT2D eigenvalue weighted by molar-refractivity contribution is 7.90. The first kappa shape index (κ1) is 26.2. The van der Waals surface area contributed by atoms with Gasteiger partial charge < -0.3 is 20.1 Å². The molecule has 1 heterocycles. The summed E-state index contributed by atoms with van der Waals surface area (Å²) in [5.41, 5.74) is 2.08. The van der Waals surface area contributed by atoms with Gasteiger partial charge in [0.15, 0.2) is 6.04 Å². The van der Waals surface area contributed by atoms with Crippen molar-refractivity contribution in [3.63, 3.8) is 0 Å². The first-order valence-electron chi connectivity index (χ1n) is 11.2. The zero-order valence-corrected chi connectivity index (χ0v) is 21.2. The summed E-state index contributed by atoms with van der Waals surface area (Å²) < 4.78 is 32.5. The molecule has 0 radical (unpaired) electrons. The van der Waals surface area contributed by atoms with Crippen molar-refractivity contribution in [3.05, 3.63) is 60.3 Å². The van der Waals surface area contributed by atoms with Gasteiger partial charge in [-0.15, -0.1) is 0 Å². The number of aliphatic hydroxyl groups is 1. The van der Waals surface area contributed by atoms with E-state index in [-0.39, 0.29) is 10.8 Å². The van der Waals surface area contributed by atoms with Gasteiger partial charge >= 0.3 is 5.97 Å². The summed E-state index contributed by atoms with van der Waals surface area (Å²) in [5.74, 6) is -1.38. The highest BCUT2D eigenvalue weighted by Crippen LogP contribution is 2.32. The van der Waals surface area contributed by atoms with Crippen molar-refractivity contribution < 1.29 is 27.9 Å². The average molecular weight is 502 g/mol. The van der Waals surface area contributed by atoms with Crippen molar-refractivity contribution in [2.75, 3.05) is 25.7 Å². The smallest absolute Gasteiger partial charge is 0.330 e. The molecule has 0 bridgehead atoms. The zero-order valence-electron chi connectivity index (χ0n) is 20.4. The molecule has 2 N–H and O–H groups in total. The average Bonchev–Trinajstić information content (AvgIpc) is 3.27. The Labute approximate surface area is 205 Å². The van der Waals surface area contributed by atoms with Crippen LogP contribution in [-0.4, -0.2) is 62.2 Å². The quantitative estimate of drug-likeness (QED) is 0.432. The second kappa shape index (κ2) is 10.5. The summed E-state index contributed by atoms with van der Waals surface area (Å²) in [5, 5.41) is 12.7. The van der Waals surface area contributed by atoms with Gasteiger partial charge in [-0.1, -0.05) is 37.6 Å². The Balaban J connectivity index is 2.01. The van der Waals surface area contributed by atoms with Gasteiger partial charge in [0, 0.05) is 24.3 Å². The molecule has 3 rings (SSSR count). The largest absolute Gasteiger partial charge is 0.467 e. The minimum atomic E-state index is -3.83. The number of anilines is 1. The number of rotatable bonds is 9. The number of fused-ring (bicyclic) bond motifs is 1. The molecular formula is C25H31N3O6S. The second-order valence-electron chi connectivity index (χ2n) is 8.71. The van der Waals surface area contributed by atoms with Crippen molar-refractivity contribution in [1.29, 1.82) is 0 Å². The van der Waals surface area contributed by atoms with E-state index in [1.54, 1.807) is 60.5 Å². The molecule has 35 heavy (non-hydrogen) atoms. The first-order valence-corrected chi connectivity index (χ1v) is 12.6. The van der Waals surface area contributed by atoms with Crippen LogP contribution in [0.2, 0.25) is 0 Å². The monoisotopic (exact) mass is 501 g/mol. The molecule has 188 valence electrons. The van der Waals surface area contributed by atoms with E-state index in [1.165, 1.54) is 17.3 Å². The number of ether oxygens (including phenoxy) is 1. The van der Waals surface area contributed by atoms with E-state index >= 15 is 0 Å². The summed E-state index contributed by atoms with van der Waals surface area (Å²) in [6.07, 6.45) is 1.50. The van der Waals surface area contributed by atoms with Crippen LogP contribution in [0.4, 0.5) is 5.69 Å². The van der Waals surface area contributed by atoms with E-state index in [0.29, 0.717) is 16.6 Å². The number of aryl methyl sites for hydroxylation is 1. The third kappa shape index (κ3) is 5.18. The lowest BCUT2D eigenvalue weighted by atomic mass is 10.00. The number of benzene rings is 2. The van der Waals surface area contributed by atoms with Gasteiger partial charge in [0.05, 0.1) is 24.1 Å². The Morgan fingerprint density at radius 3 is 2.34 bits per heavy atom. The molecule has 0 spiro atoms. The summed E-state index contributed by atoms with van der Waals surface area (Å²) >= 11 is 0. The van der Waals surface area contributed by atoms with E-state index < -0.39 is 40.6 Å². The molecule has 0 saturated carbocycles. The van der Waals surface area contributed by atoms with Crippen LogP contribution in [0.15, 0.2) is 59.6 Å². The van der Waals surface area contributed by atoms with Crippen LogP contribution >= 0.6 is 0 Å². The Bertz CT molecular complexity index is 1310. The van der Waals surface area contributed by atoms with Crippen LogP contribution in [0.25, 0.3) is 10.9 Å². The number of hydrogen-bond acceptors (Lipinski definition) is 7. The normalized spacial score (nSPS) is 13.5. The molecule has 1 amide bonds. The Morgan fingerprint density at radius 1 is 1.11 bits per heavy atom. The number of likely N-dealkylation sites (N-methyl/N-ethyl adjacent to an activating group) is 1. The zero-order chi connectivity index (χ0) is 25.9. The Morgan fingerprint density at radius 2 is 1.77 bits per heavy atom. The Hall–Kier alpha value is -3.37. The number of hydrogen-bond donors (Lipinski definition) is 2. The van der Waals surface area contributed by atoms with Crippen molar-refractivity contribution >= 4 is 38.5 Å². The molecule has 1 aromatic heterocycles. The minimum Gasteiger partial charge on any atom is -0.467 e. The predicted molar refractivity (Wildman–Crippen MR) is 134 cm³/mol. The molecule has 9 nitrogen and oxygen atoms in total. The van der Waals surface area contributed by atoms with E-state index in [9.17, 15) is 23.1 Å². The maximum absolute atomic E-state index is 13.3. The van der Waals surface area contributed by atoms with Gasteiger partial charge in [0.25, 0.3) is 10.0 Å². The topological polar surface area (TPSA) is 118 Å². The number of methoxy groups -OCH3 is 1. The number of esters is 1. The lowest BCUT2D eigenvalue weighted by molar-refractivity contribution is -0.146. The number of nitrogens with zero attached hydrogens (tertiary/aromatic N) is 2. The standard InChI is InChI=1S/C25H31N3O6S/c1-16(2)23(24(30)26-20(15-29)25(31)34-5)27(4)21-7-6-8-22-19(21)13-14-28(22)35(32,33)18-11-9-17(3)10-12-18/h6-14,16,20,23,29H,15H2,1-5H3,(H,26,30)/t20-,23+/m0/s1. The maximum Gasteiger partial charge on any atom is 0.330 e. The lowest BCUT2D eigenvalue weighted by Gasteiger charge is -2.33. The lowest BCUT2D eigenvalue weighted by Crippen LogP contribution is -2.54. The number of carbonyl (C=O) groups is 2. The number of aliphatic hydroxyl groups excluding tert-OH is 1. The van der Waals surface area contributed by atoms with Crippen molar-refractivity contribution in [1.82, 2.24) is 9.29 Å². The third-order valence-corrected chi connectivity index (χ3v) is 7.64. The molecule has 10 heteroatoms.